The molecule has 4 rings (SSSR count). The molecule has 156 valence electrons. The molecule has 1 N–H and O–H groups in total. The number of nitrogens with one attached hydrogen (secondary N) is 1. The highest BCUT2D eigenvalue weighted by molar-refractivity contribution is 7.89. The lowest BCUT2D eigenvalue weighted by Gasteiger charge is -2.34. The molecule has 30 heavy (non-hydrogen) atoms. The third-order valence-electron chi connectivity index (χ3n) is 5.15. The Hall–Kier alpha value is -2.68. The van der Waals surface area contributed by atoms with E-state index in [0.29, 0.717) is 10.7 Å². The van der Waals surface area contributed by atoms with Gasteiger partial charge in [-0.15, -0.1) is 0 Å². The Morgan fingerprint density at radius 2 is 1.80 bits per heavy atom. The van der Waals surface area contributed by atoms with Crippen molar-refractivity contribution in [3.8, 4) is 0 Å². The molecule has 2 heterocycles. The molecule has 2 aromatic carbocycles. The van der Waals surface area contributed by atoms with Crippen molar-refractivity contribution in [3.05, 3.63) is 76.1 Å². The molecule has 0 bridgehead atoms. The van der Waals surface area contributed by atoms with Gasteiger partial charge in [0.25, 0.3) is 0 Å². The molecule has 7 nitrogen and oxygen atoms in total. The number of sulfonamides is 1. The van der Waals surface area contributed by atoms with Crippen molar-refractivity contribution in [1.82, 2.24) is 9.46 Å². The zero-order chi connectivity index (χ0) is 21.5. The fourth-order valence-electron chi connectivity index (χ4n) is 3.69. The quantitative estimate of drug-likeness (QED) is 0.661. The Kier molecular flexibility index (Phi) is 5.40. The lowest BCUT2D eigenvalue weighted by molar-refractivity contribution is -0.120. The van der Waals surface area contributed by atoms with Gasteiger partial charge in [-0.3, -0.25) is 4.79 Å². The predicted octanol–water partition coefficient (Wildman–Crippen LogP) is 3.70. The lowest BCUT2D eigenvalue weighted by atomic mass is 9.95. The molecule has 0 saturated carbocycles. The number of aryl methyl sites for hydroxylation is 2. The number of rotatable bonds is 4. The van der Waals surface area contributed by atoms with Crippen molar-refractivity contribution in [2.75, 3.05) is 5.32 Å². The van der Waals surface area contributed by atoms with Crippen LogP contribution in [0.25, 0.3) is 0 Å². The van der Waals surface area contributed by atoms with Crippen molar-refractivity contribution in [1.29, 1.82) is 0 Å². The summed E-state index contributed by atoms with van der Waals surface area (Å²) in [4.78, 5) is 13.2. The van der Waals surface area contributed by atoms with E-state index in [1.807, 2.05) is 24.3 Å². The average molecular weight is 446 g/mol. The van der Waals surface area contributed by atoms with Crippen LogP contribution in [-0.2, 0) is 27.8 Å². The third kappa shape index (κ3) is 3.74. The Morgan fingerprint density at radius 3 is 2.43 bits per heavy atom. The van der Waals surface area contributed by atoms with Crippen LogP contribution < -0.4 is 5.32 Å². The van der Waals surface area contributed by atoms with Crippen LogP contribution in [0.3, 0.4) is 0 Å². The molecule has 1 aliphatic heterocycles. The Bertz CT molecular complexity index is 1190. The topological polar surface area (TPSA) is 92.5 Å². The number of hydrogen-bond acceptors (Lipinski definition) is 5. The van der Waals surface area contributed by atoms with Gasteiger partial charge < -0.3 is 9.84 Å². The second-order valence-corrected chi connectivity index (χ2v) is 9.45. The largest absolute Gasteiger partial charge is 0.360 e. The van der Waals surface area contributed by atoms with Gasteiger partial charge in [-0.25, -0.2) is 8.42 Å². The van der Waals surface area contributed by atoms with Gasteiger partial charge in [-0.2, -0.15) is 4.31 Å². The van der Waals surface area contributed by atoms with Crippen LogP contribution in [0.2, 0.25) is 5.02 Å². The highest BCUT2D eigenvalue weighted by atomic mass is 35.5. The average Bonchev–Trinajstić information content (AvgIpc) is 3.07. The standard InChI is InChI=1S/C21H20ClN3O4S/c1-13-20(14(2)29-24-13)30(27,28)25-12-16-6-4-3-5-15(16)11-19(25)21(26)23-18-9-7-17(22)8-10-18/h3-10,19H,11-12H2,1-2H3,(H,23,26)/t19-/m1/s1. The Balaban J connectivity index is 1.74. The van der Waals surface area contributed by atoms with Crippen molar-refractivity contribution in [2.24, 2.45) is 0 Å². The normalized spacial score (nSPS) is 16.8. The molecule has 1 aliphatic rings. The zero-order valence-corrected chi connectivity index (χ0v) is 18.0. The second-order valence-electron chi connectivity index (χ2n) is 7.19. The zero-order valence-electron chi connectivity index (χ0n) is 16.4. The van der Waals surface area contributed by atoms with Crippen LogP contribution in [0.5, 0.6) is 0 Å². The monoisotopic (exact) mass is 445 g/mol. The van der Waals surface area contributed by atoms with Crippen molar-refractivity contribution in [2.45, 2.75) is 37.8 Å². The molecular weight excluding hydrogens is 426 g/mol. The fraction of sp³-hybridized carbons (Fsp3) is 0.238. The fourth-order valence-corrected chi connectivity index (χ4v) is 5.68. The SMILES string of the molecule is Cc1noc(C)c1S(=O)(=O)N1Cc2ccccc2C[C@@H]1C(=O)Nc1ccc(Cl)cc1. The molecule has 0 aliphatic carbocycles. The molecule has 0 spiro atoms. The number of aromatic nitrogens is 1. The molecule has 1 aromatic heterocycles. The van der Waals surface area contributed by atoms with Crippen LogP contribution in [0, 0.1) is 13.8 Å². The van der Waals surface area contributed by atoms with Crippen molar-refractivity contribution < 1.29 is 17.7 Å². The first-order chi connectivity index (χ1) is 14.3. The third-order valence-corrected chi connectivity index (χ3v) is 7.51. The molecular formula is C21H20ClN3O4S. The Labute approximate surface area is 179 Å². The van der Waals surface area contributed by atoms with Gasteiger partial charge in [-0.05, 0) is 55.7 Å². The van der Waals surface area contributed by atoms with Crippen molar-refractivity contribution >= 4 is 33.2 Å². The lowest BCUT2D eigenvalue weighted by Crippen LogP contribution is -2.50. The number of anilines is 1. The smallest absolute Gasteiger partial charge is 0.249 e. The van der Waals surface area contributed by atoms with Gasteiger partial charge >= 0.3 is 0 Å². The van der Waals surface area contributed by atoms with Gasteiger partial charge in [0.15, 0.2) is 5.76 Å². The number of fused-ring (bicyclic) bond motifs is 1. The summed E-state index contributed by atoms with van der Waals surface area (Å²) in [5.41, 5.74) is 2.61. The summed E-state index contributed by atoms with van der Waals surface area (Å²) in [5.74, 6) is -0.217. The summed E-state index contributed by atoms with van der Waals surface area (Å²) in [6.07, 6.45) is 0.262. The molecule has 9 heteroatoms. The van der Waals surface area contributed by atoms with Crippen LogP contribution in [0.4, 0.5) is 5.69 Å². The number of hydrogen-bond donors (Lipinski definition) is 1. The minimum Gasteiger partial charge on any atom is -0.360 e. The molecule has 0 fully saturated rings. The molecule has 3 aromatic rings. The number of amides is 1. The highest BCUT2D eigenvalue weighted by Crippen LogP contribution is 2.32. The number of benzene rings is 2. The number of carbonyl (C=O) groups is 1. The summed E-state index contributed by atoms with van der Waals surface area (Å²) in [6, 6.07) is 13.3. The first-order valence-corrected chi connectivity index (χ1v) is 11.2. The number of nitrogens with zero attached hydrogens (tertiary/aromatic N) is 2. The molecule has 0 saturated heterocycles. The van der Waals surface area contributed by atoms with Gasteiger partial charge in [0.05, 0.1) is 0 Å². The number of carbonyl (C=O) groups excluding carboxylic acids is 1. The maximum atomic E-state index is 13.5. The maximum Gasteiger partial charge on any atom is 0.249 e. The maximum absolute atomic E-state index is 13.5. The van der Waals surface area contributed by atoms with Gasteiger partial charge in [0, 0.05) is 17.3 Å². The van der Waals surface area contributed by atoms with Gasteiger partial charge in [-0.1, -0.05) is 41.0 Å². The minimum absolute atomic E-state index is 0.00572. The van der Waals surface area contributed by atoms with Crippen molar-refractivity contribution in [3.63, 3.8) is 0 Å². The molecule has 1 atom stereocenters. The van der Waals surface area contributed by atoms with E-state index in [-0.39, 0.29) is 29.3 Å². The highest BCUT2D eigenvalue weighted by Gasteiger charge is 2.42. The van der Waals surface area contributed by atoms with E-state index >= 15 is 0 Å². The van der Waals surface area contributed by atoms with E-state index in [0.717, 1.165) is 11.1 Å². The summed E-state index contributed by atoms with van der Waals surface area (Å²) < 4.78 is 33.4. The summed E-state index contributed by atoms with van der Waals surface area (Å²) >= 11 is 5.91. The first-order valence-electron chi connectivity index (χ1n) is 9.35. The van der Waals surface area contributed by atoms with E-state index in [9.17, 15) is 13.2 Å². The number of halogens is 1. The molecule has 0 radical (unpaired) electrons. The second kappa shape index (κ2) is 7.86. The summed E-state index contributed by atoms with van der Waals surface area (Å²) in [7, 11) is -4.02. The van der Waals surface area contributed by atoms with E-state index in [1.54, 1.807) is 38.1 Å². The van der Waals surface area contributed by atoms with Gasteiger partial charge in [0.1, 0.15) is 16.6 Å². The minimum atomic E-state index is -4.02. The van der Waals surface area contributed by atoms with Crippen LogP contribution in [-0.4, -0.2) is 29.8 Å². The van der Waals surface area contributed by atoms with Crippen LogP contribution >= 0.6 is 11.6 Å². The van der Waals surface area contributed by atoms with Crippen LogP contribution in [0.15, 0.2) is 57.9 Å². The Morgan fingerprint density at radius 1 is 1.13 bits per heavy atom. The molecule has 0 unspecified atom stereocenters. The van der Waals surface area contributed by atoms with Gasteiger partial charge in [0.2, 0.25) is 15.9 Å². The predicted molar refractivity (Wildman–Crippen MR) is 113 cm³/mol. The molecule has 1 amide bonds. The van der Waals surface area contributed by atoms with E-state index < -0.39 is 22.0 Å². The van der Waals surface area contributed by atoms with E-state index in [4.69, 9.17) is 16.1 Å². The van der Waals surface area contributed by atoms with Crippen LogP contribution in [0.1, 0.15) is 22.6 Å². The summed E-state index contributed by atoms with van der Waals surface area (Å²) in [6.45, 7) is 3.21. The van der Waals surface area contributed by atoms with E-state index in [2.05, 4.69) is 10.5 Å². The van der Waals surface area contributed by atoms with E-state index in [1.165, 1.54) is 4.31 Å². The summed E-state index contributed by atoms with van der Waals surface area (Å²) in [5, 5.41) is 7.12. The first kappa shape index (κ1) is 20.6.